The lowest BCUT2D eigenvalue weighted by atomic mass is 10.2. The van der Waals surface area contributed by atoms with E-state index in [4.69, 9.17) is 4.74 Å². The molecule has 0 saturated carbocycles. The lowest BCUT2D eigenvalue weighted by Gasteiger charge is -2.18. The second-order valence-corrected chi connectivity index (χ2v) is 10.2. The van der Waals surface area contributed by atoms with Gasteiger partial charge in [0.2, 0.25) is 10.0 Å². The number of hydrogen-bond donors (Lipinski definition) is 0. The number of esters is 1. The zero-order valence-corrected chi connectivity index (χ0v) is 21.0. The number of fused-ring (bicyclic) bond motifs is 1. The lowest BCUT2D eigenvalue weighted by molar-refractivity contribution is -0.384. The average molecular weight is 521 g/mol. The maximum absolute atomic E-state index is 12.9. The number of nitrogens with zero attached hydrogens (tertiary/aromatic N) is 4. The van der Waals surface area contributed by atoms with Gasteiger partial charge in [-0.1, -0.05) is 25.2 Å². The molecule has 0 aliphatic carbocycles. The fourth-order valence-corrected chi connectivity index (χ4v) is 5.90. The molecule has 3 rings (SSSR count). The van der Waals surface area contributed by atoms with Gasteiger partial charge in [-0.2, -0.15) is 9.30 Å². The predicted octanol–water partition coefficient (Wildman–Crippen LogP) is 2.95. The minimum Gasteiger partial charge on any atom is -0.465 e. The van der Waals surface area contributed by atoms with Crippen LogP contribution in [-0.4, -0.2) is 53.8 Å². The number of hydrogen-bond acceptors (Lipinski definition) is 8. The number of carbonyl (C=O) groups excluding carboxylic acids is 2. The van der Waals surface area contributed by atoms with Crippen molar-refractivity contribution in [3.05, 3.63) is 62.9 Å². The molecule has 186 valence electrons. The topological polar surface area (TPSA) is 141 Å². The van der Waals surface area contributed by atoms with Crippen molar-refractivity contribution in [1.82, 2.24) is 8.87 Å². The molecule has 13 heteroatoms. The molecule has 1 heterocycles. The van der Waals surface area contributed by atoms with Crippen LogP contribution < -0.4 is 4.80 Å². The molecule has 35 heavy (non-hydrogen) atoms. The first-order chi connectivity index (χ1) is 16.6. The minimum absolute atomic E-state index is 0.0595. The molecule has 1 aromatic heterocycles. The molecule has 0 spiro atoms. The fourth-order valence-electron chi connectivity index (χ4n) is 3.38. The summed E-state index contributed by atoms with van der Waals surface area (Å²) >= 11 is 1.02. The molecule has 0 aliphatic heterocycles. The van der Waals surface area contributed by atoms with E-state index in [9.17, 15) is 28.1 Å². The summed E-state index contributed by atoms with van der Waals surface area (Å²) < 4.78 is 33.6. The van der Waals surface area contributed by atoms with Crippen molar-refractivity contribution in [2.45, 2.75) is 32.2 Å². The highest BCUT2D eigenvalue weighted by Crippen LogP contribution is 2.23. The van der Waals surface area contributed by atoms with Gasteiger partial charge in [0.25, 0.3) is 11.6 Å². The van der Waals surface area contributed by atoms with E-state index in [-0.39, 0.29) is 34.1 Å². The summed E-state index contributed by atoms with van der Waals surface area (Å²) in [6.45, 7) is 5.71. The number of carbonyl (C=O) groups is 2. The predicted molar refractivity (Wildman–Crippen MR) is 130 cm³/mol. The van der Waals surface area contributed by atoms with Crippen LogP contribution in [-0.2, 0) is 26.1 Å². The third kappa shape index (κ3) is 5.63. The largest absolute Gasteiger partial charge is 0.465 e. The van der Waals surface area contributed by atoms with Crippen molar-refractivity contribution in [2.75, 3.05) is 19.7 Å². The number of sulfonamides is 1. The van der Waals surface area contributed by atoms with Crippen molar-refractivity contribution in [2.24, 2.45) is 4.99 Å². The summed E-state index contributed by atoms with van der Waals surface area (Å²) in [5.41, 5.74) is 0.500. The SMILES string of the molecule is CCOC(=O)Cn1c(=NC(=O)c2ccc(S(=O)(=O)N(CC)CC)cc2)sc2cc([N+](=O)[O-])ccc21. The van der Waals surface area contributed by atoms with E-state index in [1.165, 1.54) is 51.3 Å². The third-order valence-electron chi connectivity index (χ3n) is 5.11. The van der Waals surface area contributed by atoms with Crippen molar-refractivity contribution in [1.29, 1.82) is 0 Å². The van der Waals surface area contributed by atoms with Gasteiger partial charge in [0.05, 0.1) is 26.6 Å². The lowest BCUT2D eigenvalue weighted by Crippen LogP contribution is -2.30. The van der Waals surface area contributed by atoms with E-state index in [1.807, 2.05) is 0 Å². The van der Waals surface area contributed by atoms with E-state index in [1.54, 1.807) is 20.8 Å². The summed E-state index contributed by atoms with van der Waals surface area (Å²) in [6.07, 6.45) is 0. The Bertz CT molecular complexity index is 1440. The number of nitro benzene ring substituents is 1. The Morgan fingerprint density at radius 1 is 1.11 bits per heavy atom. The molecule has 0 aliphatic rings. The Labute approximate surface area is 205 Å². The highest BCUT2D eigenvalue weighted by Gasteiger charge is 2.22. The van der Waals surface area contributed by atoms with E-state index in [0.717, 1.165) is 11.3 Å². The molecular weight excluding hydrogens is 496 g/mol. The number of amides is 1. The summed E-state index contributed by atoms with van der Waals surface area (Å²) in [4.78, 5) is 40.0. The second kappa shape index (κ2) is 10.9. The first kappa shape index (κ1) is 26.2. The van der Waals surface area contributed by atoms with E-state index >= 15 is 0 Å². The highest BCUT2D eigenvalue weighted by atomic mass is 32.2. The van der Waals surface area contributed by atoms with Crippen LogP contribution >= 0.6 is 11.3 Å². The molecule has 3 aromatic rings. The van der Waals surface area contributed by atoms with Gasteiger partial charge in [-0.15, -0.1) is 0 Å². The Morgan fingerprint density at radius 2 is 1.77 bits per heavy atom. The van der Waals surface area contributed by atoms with Crippen molar-refractivity contribution >= 4 is 49.1 Å². The van der Waals surface area contributed by atoms with Crippen LogP contribution in [0.15, 0.2) is 52.4 Å². The number of ether oxygens (including phenoxy) is 1. The van der Waals surface area contributed by atoms with Crippen LogP contribution in [0.2, 0.25) is 0 Å². The number of rotatable bonds is 9. The third-order valence-corrected chi connectivity index (χ3v) is 8.22. The highest BCUT2D eigenvalue weighted by molar-refractivity contribution is 7.89. The van der Waals surface area contributed by atoms with E-state index in [2.05, 4.69) is 4.99 Å². The Kier molecular flexibility index (Phi) is 8.14. The molecule has 2 aromatic carbocycles. The van der Waals surface area contributed by atoms with Crippen LogP contribution in [0.5, 0.6) is 0 Å². The van der Waals surface area contributed by atoms with Gasteiger partial charge >= 0.3 is 5.97 Å². The molecule has 11 nitrogen and oxygen atoms in total. The molecule has 0 N–H and O–H groups in total. The zero-order chi connectivity index (χ0) is 25.8. The maximum atomic E-state index is 12.9. The average Bonchev–Trinajstić information content (AvgIpc) is 3.15. The van der Waals surface area contributed by atoms with Gasteiger partial charge in [-0.3, -0.25) is 19.7 Å². The summed E-state index contributed by atoms with van der Waals surface area (Å²) in [5, 5.41) is 11.1. The maximum Gasteiger partial charge on any atom is 0.326 e. The first-order valence-electron chi connectivity index (χ1n) is 10.7. The molecule has 0 saturated heterocycles. The minimum atomic E-state index is -3.67. The molecule has 0 radical (unpaired) electrons. The number of thiazole rings is 1. The van der Waals surface area contributed by atoms with E-state index < -0.39 is 26.8 Å². The first-order valence-corrected chi connectivity index (χ1v) is 13.0. The summed E-state index contributed by atoms with van der Waals surface area (Å²) in [6, 6.07) is 9.57. The van der Waals surface area contributed by atoms with Gasteiger partial charge in [0.1, 0.15) is 6.54 Å². The Balaban J connectivity index is 2.04. The molecule has 0 atom stereocenters. The van der Waals surface area contributed by atoms with Gasteiger partial charge in [-0.25, -0.2) is 8.42 Å². The number of nitro groups is 1. The Morgan fingerprint density at radius 3 is 2.34 bits per heavy atom. The van der Waals surface area contributed by atoms with E-state index in [0.29, 0.717) is 23.3 Å². The fraction of sp³-hybridized carbons (Fsp3) is 0.318. The van der Waals surface area contributed by atoms with Gasteiger partial charge in [0, 0.05) is 30.8 Å². The zero-order valence-electron chi connectivity index (χ0n) is 19.3. The van der Waals surface area contributed by atoms with Crippen LogP contribution in [0, 0.1) is 10.1 Å². The second-order valence-electron chi connectivity index (χ2n) is 7.22. The smallest absolute Gasteiger partial charge is 0.326 e. The van der Waals surface area contributed by atoms with Crippen molar-refractivity contribution in [3.63, 3.8) is 0 Å². The molecule has 0 bridgehead atoms. The van der Waals surface area contributed by atoms with Gasteiger partial charge in [-0.05, 0) is 37.3 Å². The number of aromatic nitrogens is 1. The number of non-ortho nitro benzene ring substituents is 1. The molecule has 1 amide bonds. The Hall–Kier alpha value is -3.42. The van der Waals surface area contributed by atoms with Crippen molar-refractivity contribution < 1.29 is 27.7 Å². The van der Waals surface area contributed by atoms with Gasteiger partial charge < -0.3 is 9.30 Å². The monoisotopic (exact) mass is 520 g/mol. The standard InChI is InChI=1S/C22H24N4O7S2/c1-4-24(5-2)35(31,32)17-10-7-15(8-11-17)21(28)23-22-25(14-20(27)33-6-3)18-12-9-16(26(29)30)13-19(18)34-22/h7-13H,4-6,14H2,1-3H3. The molecular formula is C22H24N4O7S2. The molecule has 0 unspecified atom stereocenters. The normalized spacial score (nSPS) is 12.3. The quantitative estimate of drug-likeness (QED) is 0.240. The van der Waals surface area contributed by atoms with Crippen LogP contribution in [0.25, 0.3) is 10.2 Å². The summed E-state index contributed by atoms with van der Waals surface area (Å²) in [5.74, 6) is -1.21. The summed E-state index contributed by atoms with van der Waals surface area (Å²) in [7, 11) is -3.67. The van der Waals surface area contributed by atoms with Crippen LogP contribution in [0.3, 0.4) is 0 Å². The van der Waals surface area contributed by atoms with Crippen molar-refractivity contribution in [3.8, 4) is 0 Å². The van der Waals surface area contributed by atoms with Crippen LogP contribution in [0.1, 0.15) is 31.1 Å². The number of benzene rings is 2. The van der Waals surface area contributed by atoms with Gasteiger partial charge in [0.15, 0.2) is 4.80 Å². The molecule has 0 fully saturated rings. The van der Waals surface area contributed by atoms with Crippen LogP contribution in [0.4, 0.5) is 5.69 Å².